The first-order valence-electron chi connectivity index (χ1n) is 8.65. The van der Waals surface area contributed by atoms with Crippen molar-refractivity contribution in [2.24, 2.45) is 19.5 Å². The maximum atomic E-state index is 12.9. The Morgan fingerprint density at radius 1 is 1.16 bits per heavy atom. The van der Waals surface area contributed by atoms with E-state index in [-0.39, 0.29) is 16.9 Å². The highest BCUT2D eigenvalue weighted by Gasteiger charge is 2.54. The van der Waals surface area contributed by atoms with E-state index in [1.807, 2.05) is 24.1 Å². The molecule has 7 heteroatoms. The molecule has 0 unspecified atom stereocenters. The van der Waals surface area contributed by atoms with E-state index in [9.17, 15) is 9.59 Å². The average molecular weight is 341 g/mol. The Hall–Kier alpha value is -2.41. The molecule has 2 aromatic rings. The van der Waals surface area contributed by atoms with E-state index in [2.05, 4.69) is 9.88 Å². The second-order valence-electron chi connectivity index (χ2n) is 7.32. The lowest BCUT2D eigenvalue weighted by Crippen LogP contribution is -2.67. The SMILES string of the molecule is Cn1cncc1CN1CCC[C@@]2(C1)CN(c1ccc(=O)n(C)c1)C2=O. The summed E-state index contributed by atoms with van der Waals surface area (Å²) in [6.07, 6.45) is 7.41. The third-order valence-electron chi connectivity index (χ3n) is 5.50. The highest BCUT2D eigenvalue weighted by molar-refractivity contribution is 6.04. The molecule has 0 aliphatic carbocycles. The number of hydrogen-bond acceptors (Lipinski definition) is 4. The quantitative estimate of drug-likeness (QED) is 0.773. The third-order valence-corrected chi connectivity index (χ3v) is 5.50. The molecule has 25 heavy (non-hydrogen) atoms. The molecule has 132 valence electrons. The van der Waals surface area contributed by atoms with Crippen LogP contribution in [0.4, 0.5) is 5.69 Å². The minimum atomic E-state index is -0.272. The number of aromatic nitrogens is 3. The van der Waals surface area contributed by atoms with E-state index in [1.165, 1.54) is 16.3 Å². The van der Waals surface area contributed by atoms with Gasteiger partial charge in [-0.25, -0.2) is 4.98 Å². The predicted molar refractivity (Wildman–Crippen MR) is 94.2 cm³/mol. The van der Waals surface area contributed by atoms with Crippen LogP contribution in [-0.4, -0.2) is 44.6 Å². The number of likely N-dealkylation sites (tertiary alicyclic amines) is 1. The highest BCUT2D eigenvalue weighted by Crippen LogP contribution is 2.42. The molecule has 1 amide bonds. The van der Waals surface area contributed by atoms with Gasteiger partial charge in [-0.15, -0.1) is 0 Å². The maximum absolute atomic E-state index is 12.9. The van der Waals surface area contributed by atoms with E-state index in [0.717, 1.165) is 44.7 Å². The smallest absolute Gasteiger partial charge is 0.250 e. The first kappa shape index (κ1) is 16.1. The van der Waals surface area contributed by atoms with Gasteiger partial charge in [0.2, 0.25) is 11.5 Å². The summed E-state index contributed by atoms with van der Waals surface area (Å²) in [5.74, 6) is 0.181. The molecule has 4 rings (SSSR count). The number of β-lactam (4-membered cyclic amide) rings is 1. The predicted octanol–water partition coefficient (Wildman–Crippen LogP) is 0.748. The maximum Gasteiger partial charge on any atom is 0.250 e. The monoisotopic (exact) mass is 341 g/mol. The van der Waals surface area contributed by atoms with Gasteiger partial charge < -0.3 is 14.0 Å². The Bertz CT molecular complexity index is 870. The number of carbonyl (C=O) groups excluding carboxylic acids is 1. The van der Waals surface area contributed by atoms with Gasteiger partial charge in [0, 0.05) is 52.2 Å². The Kier molecular flexibility index (Phi) is 3.76. The summed E-state index contributed by atoms with van der Waals surface area (Å²) in [4.78, 5) is 32.8. The van der Waals surface area contributed by atoms with Crippen LogP contribution in [0.15, 0.2) is 35.6 Å². The number of rotatable bonds is 3. The second-order valence-corrected chi connectivity index (χ2v) is 7.32. The average Bonchev–Trinajstić information content (AvgIpc) is 3.00. The van der Waals surface area contributed by atoms with Crippen LogP contribution >= 0.6 is 0 Å². The zero-order valence-electron chi connectivity index (χ0n) is 14.7. The fraction of sp³-hybridized carbons (Fsp3) is 0.500. The van der Waals surface area contributed by atoms with E-state index in [0.29, 0.717) is 0 Å². The molecule has 4 heterocycles. The molecule has 2 fully saturated rings. The molecule has 0 aromatic carbocycles. The van der Waals surface area contributed by atoms with Gasteiger partial charge in [0.05, 0.1) is 23.1 Å². The van der Waals surface area contributed by atoms with E-state index in [1.54, 1.807) is 24.2 Å². The zero-order valence-corrected chi connectivity index (χ0v) is 14.7. The summed E-state index contributed by atoms with van der Waals surface area (Å²) < 4.78 is 3.55. The normalized spacial score (nSPS) is 23.9. The second kappa shape index (κ2) is 5.84. The first-order valence-corrected chi connectivity index (χ1v) is 8.65. The Balaban J connectivity index is 1.48. The van der Waals surface area contributed by atoms with Crippen molar-refractivity contribution in [3.05, 3.63) is 46.9 Å². The van der Waals surface area contributed by atoms with Crippen LogP contribution in [0.25, 0.3) is 0 Å². The summed E-state index contributed by atoms with van der Waals surface area (Å²) in [5, 5.41) is 0. The van der Waals surface area contributed by atoms with Crippen molar-refractivity contribution in [1.29, 1.82) is 0 Å². The van der Waals surface area contributed by atoms with E-state index in [4.69, 9.17) is 0 Å². The number of amides is 1. The first-order chi connectivity index (χ1) is 12.0. The number of nitrogens with zero attached hydrogens (tertiary/aromatic N) is 5. The molecule has 1 spiro atoms. The van der Waals surface area contributed by atoms with E-state index >= 15 is 0 Å². The summed E-state index contributed by atoms with van der Waals surface area (Å²) in [6, 6.07) is 3.26. The minimum Gasteiger partial charge on any atom is -0.337 e. The molecular weight excluding hydrogens is 318 g/mol. The van der Waals surface area contributed by atoms with Gasteiger partial charge in [-0.1, -0.05) is 0 Å². The lowest BCUT2D eigenvalue weighted by molar-refractivity contribution is -0.139. The number of imidazole rings is 1. The Labute approximate surface area is 146 Å². The van der Waals surface area contributed by atoms with Crippen LogP contribution in [0.3, 0.4) is 0 Å². The zero-order chi connectivity index (χ0) is 17.6. The molecule has 2 aromatic heterocycles. The molecule has 2 aliphatic heterocycles. The fourth-order valence-corrected chi connectivity index (χ4v) is 4.02. The lowest BCUT2D eigenvalue weighted by Gasteiger charge is -2.53. The summed E-state index contributed by atoms with van der Waals surface area (Å²) in [5.41, 5.74) is 1.64. The Morgan fingerprint density at radius 3 is 2.68 bits per heavy atom. The molecule has 0 saturated carbocycles. The topological polar surface area (TPSA) is 63.4 Å². The van der Waals surface area contributed by atoms with Crippen LogP contribution in [-0.2, 0) is 25.4 Å². The van der Waals surface area contributed by atoms with Gasteiger partial charge in [0.25, 0.3) is 0 Å². The number of hydrogen-bond donors (Lipinski definition) is 0. The van der Waals surface area contributed by atoms with Crippen molar-refractivity contribution >= 4 is 11.6 Å². The van der Waals surface area contributed by atoms with Crippen molar-refractivity contribution in [2.75, 3.05) is 24.5 Å². The van der Waals surface area contributed by atoms with Gasteiger partial charge >= 0.3 is 0 Å². The molecule has 0 bridgehead atoms. The van der Waals surface area contributed by atoms with Crippen molar-refractivity contribution in [1.82, 2.24) is 19.0 Å². The van der Waals surface area contributed by atoms with Crippen LogP contribution in [0, 0.1) is 5.41 Å². The standard InChI is InChI=1S/C18H23N5O2/c1-20-9-14(4-5-16(20)24)23-12-18(17(23)25)6-3-7-22(11-18)10-15-8-19-13-21(15)2/h4-5,8-9,13H,3,6-7,10-12H2,1-2H3/t18-/m1/s1. The van der Waals surface area contributed by atoms with Gasteiger partial charge in [-0.05, 0) is 25.5 Å². The van der Waals surface area contributed by atoms with Crippen molar-refractivity contribution in [2.45, 2.75) is 19.4 Å². The summed E-state index contributed by atoms with van der Waals surface area (Å²) in [7, 11) is 3.71. The van der Waals surface area contributed by atoms with Crippen LogP contribution < -0.4 is 10.5 Å². The highest BCUT2D eigenvalue weighted by atomic mass is 16.2. The van der Waals surface area contributed by atoms with Crippen LogP contribution in [0.1, 0.15) is 18.5 Å². The minimum absolute atomic E-state index is 0.0635. The number of pyridine rings is 1. The Morgan fingerprint density at radius 2 is 2.00 bits per heavy atom. The lowest BCUT2D eigenvalue weighted by atomic mass is 9.72. The van der Waals surface area contributed by atoms with Gasteiger partial charge in [0.15, 0.2) is 0 Å². The molecule has 2 aliphatic rings. The third kappa shape index (κ3) is 2.68. The van der Waals surface area contributed by atoms with E-state index < -0.39 is 0 Å². The van der Waals surface area contributed by atoms with Crippen LogP contribution in [0.5, 0.6) is 0 Å². The molecule has 7 nitrogen and oxygen atoms in total. The van der Waals surface area contributed by atoms with Crippen molar-refractivity contribution in [3.63, 3.8) is 0 Å². The number of anilines is 1. The van der Waals surface area contributed by atoms with Gasteiger partial charge in [-0.2, -0.15) is 0 Å². The van der Waals surface area contributed by atoms with Crippen molar-refractivity contribution in [3.8, 4) is 0 Å². The molecule has 0 N–H and O–H groups in total. The van der Waals surface area contributed by atoms with Gasteiger partial charge in [-0.3, -0.25) is 14.5 Å². The summed E-state index contributed by atoms with van der Waals surface area (Å²) in [6.45, 7) is 3.36. The molecular formula is C18H23N5O2. The molecule has 0 radical (unpaired) electrons. The van der Waals surface area contributed by atoms with Crippen molar-refractivity contribution < 1.29 is 4.79 Å². The number of aryl methyl sites for hydroxylation is 2. The number of carbonyl (C=O) groups is 1. The van der Waals surface area contributed by atoms with Crippen LogP contribution in [0.2, 0.25) is 0 Å². The summed E-state index contributed by atoms with van der Waals surface area (Å²) >= 11 is 0. The fourth-order valence-electron chi connectivity index (χ4n) is 4.02. The molecule has 1 atom stereocenters. The molecule has 2 saturated heterocycles. The number of piperidine rings is 1. The van der Waals surface area contributed by atoms with Gasteiger partial charge in [0.1, 0.15) is 0 Å². The largest absolute Gasteiger partial charge is 0.337 e.